The van der Waals surface area contributed by atoms with Gasteiger partial charge >= 0.3 is 5.97 Å². The van der Waals surface area contributed by atoms with Crippen LogP contribution in [0.2, 0.25) is 0 Å². The van der Waals surface area contributed by atoms with E-state index in [1.54, 1.807) is 13.8 Å². The van der Waals surface area contributed by atoms with Crippen LogP contribution in [-0.4, -0.2) is 24.6 Å². The Morgan fingerprint density at radius 2 is 1.71 bits per heavy atom. The van der Waals surface area contributed by atoms with Crippen LogP contribution >= 0.6 is 11.3 Å². The molecule has 3 rings (SSSR count). The minimum atomic E-state index is -0.747. The largest absolute Gasteiger partial charge is 0.481 e. The molecule has 1 amide bonds. The van der Waals surface area contributed by atoms with Crippen molar-refractivity contribution in [2.45, 2.75) is 60.0 Å². The van der Waals surface area contributed by atoms with Crippen LogP contribution in [0.15, 0.2) is 47.8 Å². The third-order valence-corrected chi connectivity index (χ3v) is 6.62. The number of nitrogens with one attached hydrogen (secondary N) is 1. The molecule has 1 unspecified atom stereocenters. The van der Waals surface area contributed by atoms with Gasteiger partial charge in [0.05, 0.1) is 6.61 Å². The number of rotatable bonds is 7. The van der Waals surface area contributed by atoms with E-state index in [0.29, 0.717) is 16.3 Å². The van der Waals surface area contributed by atoms with E-state index in [4.69, 9.17) is 9.47 Å². The van der Waals surface area contributed by atoms with Crippen molar-refractivity contribution in [1.82, 2.24) is 0 Å². The SMILES string of the molecule is CCOC(=O)c1c(-c2ccc(C)c(C)c2)csc1NC(=O)C(C)Oc1ccc(C(C)(C)C)cc1. The molecule has 0 saturated carbocycles. The van der Waals surface area contributed by atoms with E-state index >= 15 is 0 Å². The Morgan fingerprint density at radius 3 is 2.29 bits per heavy atom. The first-order valence-corrected chi connectivity index (χ1v) is 12.3. The molecule has 1 aromatic heterocycles. The zero-order valence-corrected chi connectivity index (χ0v) is 21.8. The molecule has 2 aromatic carbocycles. The molecule has 0 aliphatic carbocycles. The first-order valence-electron chi connectivity index (χ1n) is 11.5. The number of ether oxygens (including phenoxy) is 2. The number of hydrogen-bond donors (Lipinski definition) is 1. The van der Waals surface area contributed by atoms with Crippen LogP contribution in [0.3, 0.4) is 0 Å². The third kappa shape index (κ3) is 5.86. The molecule has 0 radical (unpaired) electrons. The van der Waals surface area contributed by atoms with Crippen molar-refractivity contribution in [2.24, 2.45) is 0 Å². The molecule has 1 atom stereocenters. The van der Waals surface area contributed by atoms with Gasteiger partial charge in [0.15, 0.2) is 6.10 Å². The summed E-state index contributed by atoms with van der Waals surface area (Å²) in [5.41, 5.74) is 5.55. The maximum absolute atomic E-state index is 12.9. The van der Waals surface area contributed by atoms with Crippen molar-refractivity contribution in [1.29, 1.82) is 0 Å². The van der Waals surface area contributed by atoms with Gasteiger partial charge in [-0.3, -0.25) is 4.79 Å². The van der Waals surface area contributed by atoms with Crippen LogP contribution < -0.4 is 10.1 Å². The Kier molecular flexibility index (Phi) is 7.82. The molecule has 34 heavy (non-hydrogen) atoms. The van der Waals surface area contributed by atoms with Crippen molar-refractivity contribution in [3.63, 3.8) is 0 Å². The molecule has 1 N–H and O–H groups in total. The lowest BCUT2D eigenvalue weighted by atomic mass is 9.87. The lowest BCUT2D eigenvalue weighted by Gasteiger charge is -2.20. The van der Waals surface area contributed by atoms with Gasteiger partial charge in [-0.15, -0.1) is 11.3 Å². The highest BCUT2D eigenvalue weighted by atomic mass is 32.1. The van der Waals surface area contributed by atoms with E-state index in [1.807, 2.05) is 61.7 Å². The monoisotopic (exact) mass is 479 g/mol. The van der Waals surface area contributed by atoms with E-state index in [-0.39, 0.29) is 17.9 Å². The van der Waals surface area contributed by atoms with Gasteiger partial charge in [0.2, 0.25) is 0 Å². The van der Waals surface area contributed by atoms with Crippen molar-refractivity contribution in [3.8, 4) is 16.9 Å². The van der Waals surface area contributed by atoms with E-state index in [2.05, 4.69) is 26.1 Å². The topological polar surface area (TPSA) is 64.6 Å². The fraction of sp³-hybridized carbons (Fsp3) is 0.357. The van der Waals surface area contributed by atoms with Crippen molar-refractivity contribution >= 4 is 28.2 Å². The molecular weight excluding hydrogens is 446 g/mol. The van der Waals surface area contributed by atoms with E-state index < -0.39 is 12.1 Å². The predicted molar refractivity (Wildman–Crippen MR) is 139 cm³/mol. The second-order valence-corrected chi connectivity index (χ2v) is 10.3. The highest BCUT2D eigenvalue weighted by Gasteiger charge is 2.25. The number of thiophene rings is 1. The summed E-state index contributed by atoms with van der Waals surface area (Å²) < 4.78 is 11.2. The van der Waals surface area contributed by atoms with Crippen molar-refractivity contribution < 1.29 is 19.1 Å². The molecule has 3 aromatic rings. The molecule has 0 bridgehead atoms. The molecule has 5 nitrogen and oxygen atoms in total. The van der Waals surface area contributed by atoms with E-state index in [0.717, 1.165) is 16.7 Å². The Bertz CT molecular complexity index is 1170. The minimum absolute atomic E-state index is 0.0396. The quantitative estimate of drug-likeness (QED) is 0.374. The number of amides is 1. The first-order chi connectivity index (χ1) is 16.0. The van der Waals surface area contributed by atoms with Crippen LogP contribution in [0.4, 0.5) is 5.00 Å². The van der Waals surface area contributed by atoms with Gasteiger partial charge in [-0.2, -0.15) is 0 Å². The fourth-order valence-electron chi connectivity index (χ4n) is 3.48. The van der Waals surface area contributed by atoms with Crippen LogP contribution in [0.5, 0.6) is 5.75 Å². The predicted octanol–water partition coefficient (Wildman–Crippen LogP) is 6.91. The van der Waals surface area contributed by atoms with Gasteiger partial charge < -0.3 is 14.8 Å². The maximum atomic E-state index is 12.9. The van der Waals surface area contributed by atoms with Gasteiger partial charge in [-0.25, -0.2) is 4.79 Å². The molecule has 0 aliphatic rings. The highest BCUT2D eigenvalue weighted by molar-refractivity contribution is 7.15. The van der Waals surface area contributed by atoms with Gasteiger partial charge in [0, 0.05) is 10.9 Å². The van der Waals surface area contributed by atoms with Crippen LogP contribution in [0.25, 0.3) is 11.1 Å². The van der Waals surface area contributed by atoms with Crippen LogP contribution in [-0.2, 0) is 14.9 Å². The molecule has 0 aliphatic heterocycles. The summed E-state index contributed by atoms with van der Waals surface area (Å²) in [6, 6.07) is 13.8. The first kappa shape index (κ1) is 25.5. The summed E-state index contributed by atoms with van der Waals surface area (Å²) in [6.07, 6.45) is -0.747. The van der Waals surface area contributed by atoms with E-state index in [1.165, 1.54) is 22.5 Å². The molecule has 0 saturated heterocycles. The van der Waals surface area contributed by atoms with Gasteiger partial charge in [-0.1, -0.05) is 51.1 Å². The Balaban J connectivity index is 1.82. The second-order valence-electron chi connectivity index (χ2n) is 9.40. The normalized spacial score (nSPS) is 12.2. The second kappa shape index (κ2) is 10.4. The molecule has 1 heterocycles. The average Bonchev–Trinajstić information content (AvgIpc) is 3.19. The smallest absolute Gasteiger partial charge is 0.341 e. The van der Waals surface area contributed by atoms with Crippen molar-refractivity contribution in [3.05, 3.63) is 70.1 Å². The molecule has 180 valence electrons. The molecule has 0 fully saturated rings. The number of carbonyl (C=O) groups is 2. The zero-order valence-electron chi connectivity index (χ0n) is 20.9. The average molecular weight is 480 g/mol. The molecule has 6 heteroatoms. The Hall–Kier alpha value is -3.12. The number of benzene rings is 2. The lowest BCUT2D eigenvalue weighted by molar-refractivity contribution is -0.122. The zero-order chi connectivity index (χ0) is 25.0. The summed E-state index contributed by atoms with van der Waals surface area (Å²) in [6.45, 7) is 14.2. The van der Waals surface area contributed by atoms with Gasteiger partial charge in [0.25, 0.3) is 5.91 Å². The number of esters is 1. The minimum Gasteiger partial charge on any atom is -0.481 e. The number of carbonyl (C=O) groups excluding carboxylic acids is 2. The maximum Gasteiger partial charge on any atom is 0.341 e. The van der Waals surface area contributed by atoms with Crippen LogP contribution in [0, 0.1) is 13.8 Å². The summed E-state index contributed by atoms with van der Waals surface area (Å²) in [5.74, 6) is -0.180. The third-order valence-electron chi connectivity index (χ3n) is 5.73. The van der Waals surface area contributed by atoms with Crippen molar-refractivity contribution in [2.75, 3.05) is 11.9 Å². The summed E-state index contributed by atoms with van der Waals surface area (Å²) >= 11 is 1.30. The Morgan fingerprint density at radius 1 is 1.03 bits per heavy atom. The van der Waals surface area contributed by atoms with Crippen LogP contribution in [0.1, 0.15) is 61.7 Å². The molecule has 0 spiro atoms. The fourth-order valence-corrected chi connectivity index (χ4v) is 4.44. The number of anilines is 1. The van der Waals surface area contributed by atoms with Gasteiger partial charge in [-0.05, 0) is 67.5 Å². The lowest BCUT2D eigenvalue weighted by Crippen LogP contribution is -2.30. The van der Waals surface area contributed by atoms with Gasteiger partial charge in [0.1, 0.15) is 16.3 Å². The van der Waals surface area contributed by atoms with E-state index in [9.17, 15) is 9.59 Å². The summed E-state index contributed by atoms with van der Waals surface area (Å²) in [4.78, 5) is 25.8. The number of aryl methyl sites for hydroxylation is 2. The highest BCUT2D eigenvalue weighted by Crippen LogP contribution is 2.37. The Labute approximate surface area is 206 Å². The summed E-state index contributed by atoms with van der Waals surface area (Å²) in [7, 11) is 0. The number of hydrogen-bond acceptors (Lipinski definition) is 5. The standard InChI is InChI=1S/C28H33NO4S/c1-8-32-27(31)24-23(20-10-9-17(2)18(3)15-20)16-34-26(24)29-25(30)19(4)33-22-13-11-21(12-14-22)28(5,6)7/h9-16,19H,8H2,1-7H3,(H,29,30). The summed E-state index contributed by atoms with van der Waals surface area (Å²) in [5, 5.41) is 5.21. The molecular formula is C28H33NO4S.